The molecule has 0 saturated heterocycles. The molecule has 0 rings (SSSR count). The normalized spacial score (nSPS) is 10.0. The van der Waals surface area contributed by atoms with Crippen LogP contribution in [0.2, 0.25) is 0 Å². The second-order valence-corrected chi connectivity index (χ2v) is 2.24. The van der Waals surface area contributed by atoms with Crippen molar-refractivity contribution in [3.63, 3.8) is 0 Å². The summed E-state index contributed by atoms with van der Waals surface area (Å²) in [6, 6.07) is 0. The molecule has 0 heterocycles. The Kier molecular flexibility index (Phi) is 4.26. The quantitative estimate of drug-likeness (QED) is 0.411. The van der Waals surface area contributed by atoms with Gasteiger partial charge in [0.05, 0.1) is 6.20 Å². The van der Waals surface area contributed by atoms with Gasteiger partial charge in [-0.1, -0.05) is 0 Å². The number of hydrogen-bond acceptors (Lipinski definition) is 4. The van der Waals surface area contributed by atoms with Crippen molar-refractivity contribution >= 4 is 11.8 Å². The maximum absolute atomic E-state index is 10.9. The van der Waals surface area contributed by atoms with Gasteiger partial charge >= 0.3 is 0 Å². The van der Waals surface area contributed by atoms with Crippen molar-refractivity contribution < 1.29 is 9.59 Å². The number of carbonyl (C=O) groups is 1. The van der Waals surface area contributed by atoms with Crippen LogP contribution in [0.4, 0.5) is 0 Å². The fourth-order valence-electron chi connectivity index (χ4n) is 0.417. The maximum atomic E-state index is 10.9. The van der Waals surface area contributed by atoms with Gasteiger partial charge in [0, 0.05) is 20.2 Å². The number of nitrogens with two attached hydrogens (primary N) is 1. The van der Waals surface area contributed by atoms with Crippen LogP contribution in [0.5, 0.6) is 0 Å². The van der Waals surface area contributed by atoms with Gasteiger partial charge in [-0.05, 0) is 0 Å². The molecule has 0 unspecified atom stereocenters. The van der Waals surface area contributed by atoms with Gasteiger partial charge in [-0.15, -0.1) is 0 Å². The predicted octanol–water partition coefficient (Wildman–Crippen LogP) is -1.19. The van der Waals surface area contributed by atoms with E-state index in [9.17, 15) is 9.59 Å². The number of nitrogens with zero attached hydrogens (tertiary/aromatic N) is 1. The summed E-state index contributed by atoms with van der Waals surface area (Å²) in [5, 5.41) is 2.36. The molecule has 5 nitrogen and oxygen atoms in total. The first-order valence-electron chi connectivity index (χ1n) is 3.22. The Bertz CT molecular complexity index is 239. The van der Waals surface area contributed by atoms with Gasteiger partial charge in [-0.25, -0.2) is 4.79 Å². The molecule has 0 bridgehead atoms. The van der Waals surface area contributed by atoms with E-state index in [1.165, 1.54) is 16.9 Å². The highest BCUT2D eigenvalue weighted by atomic mass is 16.2. The summed E-state index contributed by atoms with van der Waals surface area (Å²) in [5.74, 6) is 1.33. The van der Waals surface area contributed by atoms with Crippen LogP contribution in [0.25, 0.3) is 0 Å². The van der Waals surface area contributed by atoms with Crippen LogP contribution in [0.3, 0.4) is 0 Å². The minimum absolute atomic E-state index is 0.108. The Morgan fingerprint density at radius 3 is 2.58 bits per heavy atom. The molecule has 0 aliphatic heterocycles. The summed E-state index contributed by atoms with van der Waals surface area (Å²) in [6.07, 6.45) is 2.16. The van der Waals surface area contributed by atoms with Crippen LogP contribution in [-0.2, 0) is 9.59 Å². The zero-order chi connectivity index (χ0) is 9.56. The lowest BCUT2D eigenvalue weighted by atomic mass is 10.5. The van der Waals surface area contributed by atoms with Crippen LogP contribution in [0.15, 0.2) is 18.1 Å². The molecule has 1 amide bonds. The minimum atomic E-state index is -0.251. The van der Waals surface area contributed by atoms with Crippen LogP contribution in [0, 0.1) is 0 Å². The van der Waals surface area contributed by atoms with Crippen molar-refractivity contribution in [3.8, 4) is 0 Å². The standard InChI is InChI=1S/C7H11N3O2/c1-10(2)7(12)5-6(8)9-3-4-11/h3,5,9H,8H2,1-2H3/b6-5-. The average molecular weight is 169 g/mol. The van der Waals surface area contributed by atoms with Gasteiger partial charge in [0.2, 0.25) is 5.91 Å². The molecule has 3 N–H and O–H groups in total. The van der Waals surface area contributed by atoms with Crippen molar-refractivity contribution in [2.75, 3.05) is 14.1 Å². The molecule has 0 aromatic heterocycles. The maximum Gasteiger partial charge on any atom is 0.249 e. The summed E-state index contributed by atoms with van der Waals surface area (Å²) in [5.41, 5.74) is 5.29. The highest BCUT2D eigenvalue weighted by Crippen LogP contribution is 1.83. The third-order valence-corrected chi connectivity index (χ3v) is 1.02. The van der Waals surface area contributed by atoms with Crippen molar-refractivity contribution in [2.45, 2.75) is 0 Å². The monoisotopic (exact) mass is 169 g/mol. The highest BCUT2D eigenvalue weighted by molar-refractivity contribution is 5.87. The zero-order valence-electron chi connectivity index (χ0n) is 7.00. The molecule has 0 saturated carbocycles. The number of rotatable bonds is 3. The van der Waals surface area contributed by atoms with Crippen LogP contribution >= 0.6 is 0 Å². The van der Waals surface area contributed by atoms with Gasteiger partial charge in [0.15, 0.2) is 0 Å². The number of nitrogens with one attached hydrogen (secondary N) is 1. The van der Waals surface area contributed by atoms with Gasteiger partial charge in [-0.3, -0.25) is 4.79 Å². The number of likely N-dealkylation sites (N-methyl/N-ethyl adjacent to an activating group) is 1. The van der Waals surface area contributed by atoms with E-state index in [2.05, 4.69) is 5.32 Å². The molecule has 0 aromatic carbocycles. The Morgan fingerprint density at radius 1 is 1.58 bits per heavy atom. The Labute approximate surface area is 70.5 Å². The Balaban J connectivity index is 4.15. The first-order valence-corrected chi connectivity index (χ1v) is 3.22. The van der Waals surface area contributed by atoms with Crippen molar-refractivity contribution in [1.29, 1.82) is 0 Å². The molecule has 0 aliphatic carbocycles. The summed E-state index contributed by atoms with van der Waals surface area (Å²) >= 11 is 0. The van der Waals surface area contributed by atoms with Crippen LogP contribution in [-0.4, -0.2) is 30.8 Å². The number of amides is 1. The predicted molar refractivity (Wildman–Crippen MR) is 44.4 cm³/mol. The molecular formula is C7H11N3O2. The molecule has 0 fully saturated rings. The van der Waals surface area contributed by atoms with Gasteiger partial charge in [0.1, 0.15) is 11.8 Å². The van der Waals surface area contributed by atoms with Crippen LogP contribution < -0.4 is 11.1 Å². The second kappa shape index (κ2) is 4.98. The molecule has 66 valence electrons. The zero-order valence-corrected chi connectivity index (χ0v) is 7.00. The molecule has 0 aliphatic rings. The molecule has 0 aromatic rings. The SMILES string of the molecule is CN(C)C(=O)/C=C(/N)NC=C=O. The molecule has 5 heteroatoms. The topological polar surface area (TPSA) is 75.4 Å². The first kappa shape index (κ1) is 10.3. The largest absolute Gasteiger partial charge is 0.385 e. The lowest BCUT2D eigenvalue weighted by molar-refractivity contribution is -0.123. The molecular weight excluding hydrogens is 158 g/mol. The van der Waals surface area contributed by atoms with E-state index in [0.717, 1.165) is 6.20 Å². The van der Waals surface area contributed by atoms with E-state index < -0.39 is 0 Å². The summed E-state index contributed by atoms with van der Waals surface area (Å²) in [7, 11) is 3.20. The van der Waals surface area contributed by atoms with Crippen LogP contribution in [0.1, 0.15) is 0 Å². The lowest BCUT2D eigenvalue weighted by Gasteiger charge is -2.06. The summed E-state index contributed by atoms with van der Waals surface area (Å²) < 4.78 is 0. The number of hydrogen-bond donors (Lipinski definition) is 2. The summed E-state index contributed by atoms with van der Waals surface area (Å²) in [4.78, 5) is 22.0. The van der Waals surface area contributed by atoms with E-state index in [-0.39, 0.29) is 11.7 Å². The first-order chi connectivity index (χ1) is 5.57. The van der Waals surface area contributed by atoms with Gasteiger partial charge in [-0.2, -0.15) is 0 Å². The van der Waals surface area contributed by atoms with E-state index in [1.54, 1.807) is 14.1 Å². The molecule has 0 atom stereocenters. The summed E-state index contributed by atoms with van der Waals surface area (Å²) in [6.45, 7) is 0. The number of carbonyl (C=O) groups excluding carboxylic acids is 2. The van der Waals surface area contributed by atoms with Gasteiger partial charge in [0.25, 0.3) is 0 Å². The van der Waals surface area contributed by atoms with Gasteiger partial charge < -0.3 is 16.0 Å². The van der Waals surface area contributed by atoms with E-state index in [1.807, 2.05) is 0 Å². The fourth-order valence-corrected chi connectivity index (χ4v) is 0.417. The second-order valence-electron chi connectivity index (χ2n) is 2.24. The van der Waals surface area contributed by atoms with E-state index in [0.29, 0.717) is 0 Å². The Hall–Kier alpha value is -1.74. The smallest absolute Gasteiger partial charge is 0.249 e. The van der Waals surface area contributed by atoms with E-state index >= 15 is 0 Å². The lowest BCUT2D eigenvalue weighted by Crippen LogP contribution is -2.23. The van der Waals surface area contributed by atoms with E-state index in [4.69, 9.17) is 5.73 Å². The minimum Gasteiger partial charge on any atom is -0.385 e. The third-order valence-electron chi connectivity index (χ3n) is 1.02. The average Bonchev–Trinajstić information content (AvgIpc) is 2.00. The fraction of sp³-hybridized carbons (Fsp3) is 0.286. The van der Waals surface area contributed by atoms with Crippen molar-refractivity contribution in [1.82, 2.24) is 10.2 Å². The van der Waals surface area contributed by atoms with Crippen molar-refractivity contribution in [2.24, 2.45) is 5.73 Å². The third kappa shape index (κ3) is 4.14. The molecule has 0 spiro atoms. The molecule has 0 radical (unpaired) electrons. The highest BCUT2D eigenvalue weighted by Gasteiger charge is 1.98. The Morgan fingerprint density at radius 2 is 2.17 bits per heavy atom. The molecule has 12 heavy (non-hydrogen) atoms. The van der Waals surface area contributed by atoms with Crippen molar-refractivity contribution in [3.05, 3.63) is 18.1 Å².